The van der Waals surface area contributed by atoms with E-state index in [1.165, 1.54) is 13.0 Å². The minimum atomic E-state index is -0.367. The van der Waals surface area contributed by atoms with Crippen LogP contribution in [-0.4, -0.2) is 30.1 Å². The number of rotatable bonds is 3. The van der Waals surface area contributed by atoms with E-state index in [9.17, 15) is 14.3 Å². The second kappa shape index (κ2) is 5.06. The number of hydrogen-bond acceptors (Lipinski definition) is 3. The van der Waals surface area contributed by atoms with Crippen molar-refractivity contribution in [2.75, 3.05) is 18.0 Å². The molecule has 1 aromatic carbocycles. The number of benzene rings is 1. The lowest BCUT2D eigenvalue weighted by Crippen LogP contribution is -2.24. The van der Waals surface area contributed by atoms with Crippen LogP contribution in [0.5, 0.6) is 0 Å². The third-order valence-corrected chi connectivity index (χ3v) is 3.60. The molecule has 4 heteroatoms. The van der Waals surface area contributed by atoms with Gasteiger partial charge in [0.05, 0.1) is 11.8 Å². The number of halogens is 1. The summed E-state index contributed by atoms with van der Waals surface area (Å²) in [6.07, 6.45) is 0.500. The van der Waals surface area contributed by atoms with Crippen molar-refractivity contribution in [3.05, 3.63) is 29.6 Å². The van der Waals surface area contributed by atoms with E-state index in [-0.39, 0.29) is 23.6 Å². The minimum absolute atomic E-state index is 0.135. The Bertz CT molecular complexity index is 459. The van der Waals surface area contributed by atoms with Gasteiger partial charge < -0.3 is 10.0 Å². The van der Waals surface area contributed by atoms with Gasteiger partial charge in [-0.25, -0.2) is 4.39 Å². The molecule has 3 nitrogen and oxygen atoms in total. The second-order valence-corrected chi connectivity index (χ2v) is 4.96. The van der Waals surface area contributed by atoms with Gasteiger partial charge in [0.25, 0.3) is 0 Å². The average molecular weight is 251 g/mol. The number of nitrogens with zero attached hydrogens (tertiary/aromatic N) is 1. The number of carbonyl (C=O) groups is 1. The van der Waals surface area contributed by atoms with Crippen LogP contribution in [0.15, 0.2) is 18.2 Å². The molecule has 18 heavy (non-hydrogen) atoms. The van der Waals surface area contributed by atoms with Gasteiger partial charge in [-0.05, 0) is 38.5 Å². The molecule has 0 radical (unpaired) electrons. The number of aliphatic hydroxyl groups excluding tert-OH is 1. The third kappa shape index (κ3) is 2.53. The average Bonchev–Trinajstić information content (AvgIpc) is 2.78. The molecule has 1 aliphatic heterocycles. The lowest BCUT2D eigenvalue weighted by atomic mass is 10.0. The van der Waals surface area contributed by atoms with E-state index in [0.717, 1.165) is 13.0 Å². The molecule has 0 amide bonds. The Morgan fingerprint density at radius 2 is 2.28 bits per heavy atom. The topological polar surface area (TPSA) is 40.5 Å². The normalized spacial score (nSPS) is 21.1. The summed E-state index contributed by atoms with van der Waals surface area (Å²) in [5.74, 6) is -0.311. The fraction of sp³-hybridized carbons (Fsp3) is 0.500. The molecule has 1 N–H and O–H groups in total. The number of anilines is 1. The van der Waals surface area contributed by atoms with Crippen LogP contribution in [0.2, 0.25) is 0 Å². The molecule has 2 atom stereocenters. The van der Waals surface area contributed by atoms with Crippen molar-refractivity contribution in [2.45, 2.75) is 26.4 Å². The molecule has 1 aliphatic rings. The zero-order valence-corrected chi connectivity index (χ0v) is 10.7. The summed E-state index contributed by atoms with van der Waals surface area (Å²) < 4.78 is 13.9. The number of ketones is 1. The third-order valence-electron chi connectivity index (χ3n) is 3.60. The fourth-order valence-electron chi connectivity index (χ4n) is 2.38. The molecule has 1 aromatic rings. The first-order chi connectivity index (χ1) is 8.49. The highest BCUT2D eigenvalue weighted by Crippen LogP contribution is 2.28. The highest BCUT2D eigenvalue weighted by atomic mass is 19.1. The smallest absolute Gasteiger partial charge is 0.159 e. The van der Waals surface area contributed by atoms with Crippen LogP contribution in [0.1, 0.15) is 30.6 Å². The van der Waals surface area contributed by atoms with Crippen molar-refractivity contribution in [3.8, 4) is 0 Å². The predicted octanol–water partition coefficient (Wildman–Crippen LogP) is 2.24. The Kier molecular flexibility index (Phi) is 3.66. The lowest BCUT2D eigenvalue weighted by Gasteiger charge is -2.20. The summed E-state index contributed by atoms with van der Waals surface area (Å²) in [7, 11) is 0. The van der Waals surface area contributed by atoms with Crippen molar-refractivity contribution in [1.29, 1.82) is 0 Å². The van der Waals surface area contributed by atoms with Crippen molar-refractivity contribution in [2.24, 2.45) is 5.92 Å². The van der Waals surface area contributed by atoms with Crippen molar-refractivity contribution >= 4 is 11.5 Å². The summed E-state index contributed by atoms with van der Waals surface area (Å²) in [4.78, 5) is 13.1. The Labute approximate surface area is 106 Å². The molecule has 0 aromatic heterocycles. The standard InChI is InChI=1S/C14H18FNO2/c1-9(17)11-3-4-14(13(15)7-11)16-6-5-12(8-16)10(2)18/h3-4,7,10,12,18H,5-6,8H2,1-2H3. The first-order valence-corrected chi connectivity index (χ1v) is 6.22. The highest BCUT2D eigenvalue weighted by molar-refractivity contribution is 5.94. The van der Waals surface area contributed by atoms with Crippen LogP contribution in [0.4, 0.5) is 10.1 Å². The minimum Gasteiger partial charge on any atom is -0.393 e. The molecular formula is C14H18FNO2. The first-order valence-electron chi connectivity index (χ1n) is 6.22. The molecule has 1 fully saturated rings. The van der Waals surface area contributed by atoms with Gasteiger partial charge in [-0.1, -0.05) is 0 Å². The molecule has 98 valence electrons. The zero-order chi connectivity index (χ0) is 13.3. The number of aliphatic hydroxyl groups is 1. The maximum atomic E-state index is 13.9. The molecule has 2 rings (SSSR count). The Morgan fingerprint density at radius 1 is 1.56 bits per heavy atom. The van der Waals surface area contributed by atoms with Gasteiger partial charge in [-0.3, -0.25) is 4.79 Å². The van der Waals surface area contributed by atoms with Gasteiger partial charge in [0.1, 0.15) is 5.82 Å². The lowest BCUT2D eigenvalue weighted by molar-refractivity contribution is 0.101. The summed E-state index contributed by atoms with van der Waals surface area (Å²) in [5.41, 5.74) is 0.908. The summed E-state index contributed by atoms with van der Waals surface area (Å²) >= 11 is 0. The van der Waals surface area contributed by atoms with E-state index in [4.69, 9.17) is 0 Å². The Hall–Kier alpha value is -1.42. The molecule has 1 saturated heterocycles. The molecule has 0 saturated carbocycles. The van der Waals surface area contributed by atoms with E-state index in [1.807, 2.05) is 4.90 Å². The van der Waals surface area contributed by atoms with Gasteiger partial charge in [-0.2, -0.15) is 0 Å². The summed E-state index contributed by atoms with van der Waals surface area (Å²) in [5, 5.41) is 9.54. The van der Waals surface area contributed by atoms with E-state index >= 15 is 0 Å². The maximum Gasteiger partial charge on any atom is 0.159 e. The van der Waals surface area contributed by atoms with Crippen molar-refractivity contribution < 1.29 is 14.3 Å². The number of Topliss-reactive ketones (excluding diaryl/α,β-unsaturated/α-hetero) is 1. The van der Waals surface area contributed by atoms with Gasteiger partial charge in [0.2, 0.25) is 0 Å². The summed E-state index contributed by atoms with van der Waals surface area (Å²) in [6.45, 7) is 4.59. The molecule has 0 spiro atoms. The molecule has 2 unspecified atom stereocenters. The van der Waals surface area contributed by atoms with Crippen LogP contribution in [0.3, 0.4) is 0 Å². The van der Waals surface area contributed by atoms with Crippen LogP contribution < -0.4 is 4.90 Å². The molecule has 0 bridgehead atoms. The molecule has 0 aliphatic carbocycles. The summed E-state index contributed by atoms with van der Waals surface area (Å²) in [6, 6.07) is 4.58. The first kappa shape index (κ1) is 13.0. The van der Waals surface area contributed by atoms with E-state index in [0.29, 0.717) is 17.8 Å². The monoisotopic (exact) mass is 251 g/mol. The number of carbonyl (C=O) groups excluding carboxylic acids is 1. The zero-order valence-electron chi connectivity index (χ0n) is 10.7. The van der Waals surface area contributed by atoms with E-state index in [1.54, 1.807) is 19.1 Å². The second-order valence-electron chi connectivity index (χ2n) is 4.96. The van der Waals surface area contributed by atoms with Gasteiger partial charge in [0.15, 0.2) is 5.78 Å². The van der Waals surface area contributed by atoms with Crippen LogP contribution in [0, 0.1) is 11.7 Å². The SMILES string of the molecule is CC(=O)c1ccc(N2CCC(C(C)O)C2)c(F)c1. The van der Waals surface area contributed by atoms with Crippen molar-refractivity contribution in [1.82, 2.24) is 0 Å². The maximum absolute atomic E-state index is 13.9. The largest absolute Gasteiger partial charge is 0.393 e. The quantitative estimate of drug-likeness (QED) is 0.837. The van der Waals surface area contributed by atoms with Gasteiger partial charge >= 0.3 is 0 Å². The molecular weight excluding hydrogens is 233 g/mol. The predicted molar refractivity (Wildman–Crippen MR) is 68.4 cm³/mol. The Morgan fingerprint density at radius 3 is 2.78 bits per heavy atom. The van der Waals surface area contributed by atoms with Crippen LogP contribution in [-0.2, 0) is 0 Å². The highest BCUT2D eigenvalue weighted by Gasteiger charge is 2.27. The van der Waals surface area contributed by atoms with Gasteiger partial charge in [-0.15, -0.1) is 0 Å². The van der Waals surface area contributed by atoms with E-state index < -0.39 is 0 Å². The van der Waals surface area contributed by atoms with Crippen LogP contribution >= 0.6 is 0 Å². The van der Waals surface area contributed by atoms with Crippen LogP contribution in [0.25, 0.3) is 0 Å². The van der Waals surface area contributed by atoms with E-state index in [2.05, 4.69) is 0 Å². The number of hydrogen-bond donors (Lipinski definition) is 1. The Balaban J connectivity index is 2.18. The van der Waals surface area contributed by atoms with Crippen molar-refractivity contribution in [3.63, 3.8) is 0 Å². The van der Waals surface area contributed by atoms with Gasteiger partial charge in [0, 0.05) is 24.6 Å². The molecule has 1 heterocycles. The fourth-order valence-corrected chi connectivity index (χ4v) is 2.38.